The molecule has 2 N–H and O–H groups in total. The molecule has 0 heterocycles. The SMILES string of the molecule is Oc1ccc(SCCCSc2ccc(O)cc2)cc1. The lowest BCUT2D eigenvalue weighted by Crippen LogP contribution is -1.84. The van der Waals surface area contributed by atoms with Crippen molar-refractivity contribution in [3.05, 3.63) is 48.5 Å². The molecular formula is C15H16O2S2. The van der Waals surface area contributed by atoms with Crippen LogP contribution in [0.4, 0.5) is 0 Å². The molecule has 19 heavy (non-hydrogen) atoms. The predicted octanol–water partition coefficient (Wildman–Crippen LogP) is 4.37. The van der Waals surface area contributed by atoms with Crippen LogP contribution in [-0.2, 0) is 0 Å². The van der Waals surface area contributed by atoms with Crippen LogP contribution in [0.3, 0.4) is 0 Å². The first kappa shape index (κ1) is 14.2. The van der Waals surface area contributed by atoms with Gasteiger partial charge in [0.1, 0.15) is 11.5 Å². The van der Waals surface area contributed by atoms with Crippen molar-refractivity contribution < 1.29 is 10.2 Å². The van der Waals surface area contributed by atoms with Gasteiger partial charge in [0.2, 0.25) is 0 Å². The van der Waals surface area contributed by atoms with Crippen molar-refractivity contribution in [1.29, 1.82) is 0 Å². The largest absolute Gasteiger partial charge is 0.508 e. The molecule has 0 aliphatic carbocycles. The van der Waals surface area contributed by atoms with Crippen LogP contribution in [0.2, 0.25) is 0 Å². The Morgan fingerprint density at radius 2 is 1.00 bits per heavy atom. The third-order valence-corrected chi connectivity index (χ3v) is 4.70. The first-order valence-electron chi connectivity index (χ1n) is 6.08. The molecule has 0 fully saturated rings. The number of hydrogen-bond acceptors (Lipinski definition) is 4. The van der Waals surface area contributed by atoms with Crippen molar-refractivity contribution in [2.24, 2.45) is 0 Å². The predicted molar refractivity (Wildman–Crippen MR) is 82.3 cm³/mol. The number of phenols is 2. The summed E-state index contributed by atoms with van der Waals surface area (Å²) in [5.41, 5.74) is 0. The number of aromatic hydroxyl groups is 2. The summed E-state index contributed by atoms with van der Waals surface area (Å²) in [4.78, 5) is 2.37. The molecule has 2 aromatic carbocycles. The van der Waals surface area contributed by atoms with Crippen LogP contribution >= 0.6 is 23.5 Å². The highest BCUT2D eigenvalue weighted by molar-refractivity contribution is 8.00. The molecule has 100 valence electrons. The highest BCUT2D eigenvalue weighted by atomic mass is 32.2. The molecule has 0 saturated carbocycles. The Morgan fingerprint density at radius 3 is 1.37 bits per heavy atom. The molecule has 0 unspecified atom stereocenters. The van der Waals surface area contributed by atoms with Gasteiger partial charge in [0.25, 0.3) is 0 Å². The van der Waals surface area contributed by atoms with E-state index in [1.807, 2.05) is 24.3 Å². The van der Waals surface area contributed by atoms with E-state index in [2.05, 4.69) is 0 Å². The summed E-state index contributed by atoms with van der Waals surface area (Å²) in [5.74, 6) is 2.76. The van der Waals surface area contributed by atoms with Gasteiger partial charge >= 0.3 is 0 Å². The first-order valence-corrected chi connectivity index (χ1v) is 8.05. The van der Waals surface area contributed by atoms with Crippen molar-refractivity contribution >= 4 is 23.5 Å². The molecule has 4 heteroatoms. The molecule has 0 radical (unpaired) electrons. The van der Waals surface area contributed by atoms with Crippen LogP contribution in [0, 0.1) is 0 Å². The Labute approximate surface area is 121 Å². The fourth-order valence-corrected chi connectivity index (χ4v) is 3.41. The Hall–Kier alpha value is -1.26. The van der Waals surface area contributed by atoms with Crippen molar-refractivity contribution in [2.75, 3.05) is 11.5 Å². The van der Waals surface area contributed by atoms with Gasteiger partial charge < -0.3 is 10.2 Å². The third kappa shape index (κ3) is 5.09. The van der Waals surface area contributed by atoms with Crippen LogP contribution < -0.4 is 0 Å². The summed E-state index contributed by atoms with van der Waals surface area (Å²) in [6.07, 6.45) is 1.12. The van der Waals surface area contributed by atoms with Crippen LogP contribution in [0.15, 0.2) is 58.3 Å². The molecule has 0 bridgehead atoms. The maximum absolute atomic E-state index is 9.18. The van der Waals surface area contributed by atoms with Crippen LogP contribution in [0.1, 0.15) is 6.42 Å². The molecule has 0 atom stereocenters. The first-order chi connectivity index (χ1) is 9.24. The van der Waals surface area contributed by atoms with Gasteiger partial charge in [0, 0.05) is 9.79 Å². The summed E-state index contributed by atoms with van der Waals surface area (Å²) in [6.45, 7) is 0. The zero-order valence-corrected chi connectivity index (χ0v) is 12.1. The van der Waals surface area contributed by atoms with Crippen LogP contribution in [-0.4, -0.2) is 21.7 Å². The van der Waals surface area contributed by atoms with Gasteiger partial charge in [0.05, 0.1) is 0 Å². The molecule has 0 aliphatic heterocycles. The van der Waals surface area contributed by atoms with Gasteiger partial charge in [0.15, 0.2) is 0 Å². The average molecular weight is 292 g/mol. The van der Waals surface area contributed by atoms with Crippen LogP contribution in [0.25, 0.3) is 0 Å². The molecular weight excluding hydrogens is 276 g/mol. The fourth-order valence-electron chi connectivity index (χ4n) is 1.52. The number of phenolic OH excluding ortho intramolecular Hbond substituents is 2. The normalized spacial score (nSPS) is 10.5. The average Bonchev–Trinajstić information content (AvgIpc) is 2.43. The summed E-state index contributed by atoms with van der Waals surface area (Å²) in [7, 11) is 0. The van der Waals surface area contributed by atoms with E-state index in [-0.39, 0.29) is 0 Å². The lowest BCUT2D eigenvalue weighted by Gasteiger charge is -2.03. The van der Waals surface area contributed by atoms with Crippen molar-refractivity contribution in [3.8, 4) is 11.5 Å². The summed E-state index contributed by atoms with van der Waals surface area (Å²) in [5, 5.41) is 18.4. The van der Waals surface area contributed by atoms with E-state index >= 15 is 0 Å². The quantitative estimate of drug-likeness (QED) is 0.612. The monoisotopic (exact) mass is 292 g/mol. The minimum Gasteiger partial charge on any atom is -0.508 e. The van der Waals surface area contributed by atoms with Gasteiger partial charge in [-0.15, -0.1) is 23.5 Å². The number of hydrogen-bond donors (Lipinski definition) is 2. The minimum atomic E-state index is 0.312. The highest BCUT2D eigenvalue weighted by Crippen LogP contribution is 2.24. The van der Waals surface area contributed by atoms with E-state index in [1.165, 1.54) is 9.79 Å². The van der Waals surface area contributed by atoms with Crippen molar-refractivity contribution in [2.45, 2.75) is 16.2 Å². The van der Waals surface area contributed by atoms with Gasteiger partial charge in [-0.3, -0.25) is 0 Å². The van der Waals surface area contributed by atoms with E-state index in [4.69, 9.17) is 0 Å². The fraction of sp³-hybridized carbons (Fsp3) is 0.200. The molecule has 0 saturated heterocycles. The Bertz CT molecular complexity index is 447. The summed E-state index contributed by atoms with van der Waals surface area (Å²) < 4.78 is 0. The maximum atomic E-state index is 9.18. The minimum absolute atomic E-state index is 0.312. The topological polar surface area (TPSA) is 40.5 Å². The third-order valence-electron chi connectivity index (χ3n) is 2.50. The molecule has 2 aromatic rings. The highest BCUT2D eigenvalue weighted by Gasteiger charge is 1.97. The van der Waals surface area contributed by atoms with Gasteiger partial charge in [-0.2, -0.15) is 0 Å². The Morgan fingerprint density at radius 1 is 0.632 bits per heavy atom. The van der Waals surface area contributed by atoms with Crippen LogP contribution in [0.5, 0.6) is 11.5 Å². The Balaban J connectivity index is 1.64. The second kappa shape index (κ2) is 7.36. The standard InChI is InChI=1S/C15H16O2S2/c16-12-2-6-14(7-3-12)18-10-1-11-19-15-8-4-13(17)5-9-15/h2-9,16-17H,1,10-11H2. The number of thioether (sulfide) groups is 2. The van der Waals surface area contributed by atoms with E-state index in [1.54, 1.807) is 47.8 Å². The second-order valence-electron chi connectivity index (χ2n) is 4.04. The molecule has 0 aromatic heterocycles. The molecule has 0 spiro atoms. The zero-order valence-electron chi connectivity index (χ0n) is 10.5. The van der Waals surface area contributed by atoms with E-state index in [9.17, 15) is 10.2 Å². The molecule has 0 aliphatic rings. The lowest BCUT2D eigenvalue weighted by molar-refractivity contribution is 0.474. The second-order valence-corrected chi connectivity index (χ2v) is 6.37. The van der Waals surface area contributed by atoms with Gasteiger partial charge in [-0.1, -0.05) is 0 Å². The molecule has 2 nitrogen and oxygen atoms in total. The lowest BCUT2D eigenvalue weighted by atomic mass is 10.3. The molecule has 2 rings (SSSR count). The van der Waals surface area contributed by atoms with Crippen molar-refractivity contribution in [3.63, 3.8) is 0 Å². The van der Waals surface area contributed by atoms with Gasteiger partial charge in [-0.25, -0.2) is 0 Å². The van der Waals surface area contributed by atoms with E-state index < -0.39 is 0 Å². The Kier molecular flexibility index (Phi) is 5.48. The van der Waals surface area contributed by atoms with Gasteiger partial charge in [-0.05, 0) is 66.5 Å². The van der Waals surface area contributed by atoms with Crippen molar-refractivity contribution in [1.82, 2.24) is 0 Å². The summed E-state index contributed by atoms with van der Waals surface area (Å²) in [6, 6.07) is 14.6. The smallest absolute Gasteiger partial charge is 0.115 e. The van der Waals surface area contributed by atoms with E-state index in [0.717, 1.165) is 17.9 Å². The summed E-state index contributed by atoms with van der Waals surface area (Å²) >= 11 is 3.60. The molecule has 0 amide bonds. The maximum Gasteiger partial charge on any atom is 0.115 e. The van der Waals surface area contributed by atoms with E-state index in [0.29, 0.717) is 11.5 Å². The number of benzene rings is 2. The number of rotatable bonds is 6. The zero-order chi connectivity index (χ0) is 13.5.